The molecule has 0 amide bonds. The van der Waals surface area contributed by atoms with Crippen LogP contribution >= 0.6 is 11.3 Å². The molecule has 0 saturated carbocycles. The van der Waals surface area contributed by atoms with Crippen LogP contribution in [0.25, 0.3) is 21.7 Å². The summed E-state index contributed by atoms with van der Waals surface area (Å²) in [6, 6.07) is 16.6. The fourth-order valence-corrected chi connectivity index (χ4v) is 6.06. The van der Waals surface area contributed by atoms with E-state index >= 15 is 0 Å². The van der Waals surface area contributed by atoms with Crippen molar-refractivity contribution in [3.8, 4) is 33.2 Å². The van der Waals surface area contributed by atoms with E-state index in [9.17, 15) is 26.7 Å². The molecule has 0 fully saturated rings. The molecule has 13 heteroatoms. The number of pyridine rings is 1. The fraction of sp³-hybridized carbons (Fsp3) is 0.0714. The highest BCUT2D eigenvalue weighted by Crippen LogP contribution is 2.40. The number of aromatic hydroxyl groups is 1. The van der Waals surface area contributed by atoms with Gasteiger partial charge in [-0.25, -0.2) is 23.1 Å². The Bertz CT molecular complexity index is 1830. The lowest BCUT2D eigenvalue weighted by atomic mass is 10.1. The first kappa shape index (κ1) is 27.9. The molecule has 0 saturated heterocycles. The van der Waals surface area contributed by atoms with Gasteiger partial charge in [-0.3, -0.25) is 4.72 Å². The van der Waals surface area contributed by atoms with Crippen LogP contribution in [0, 0.1) is 17.5 Å². The number of hydrogen-bond acceptors (Lipinski definition) is 8. The van der Waals surface area contributed by atoms with E-state index in [2.05, 4.69) is 20.0 Å². The van der Waals surface area contributed by atoms with Gasteiger partial charge in [0.1, 0.15) is 5.82 Å². The topological polar surface area (TPSA) is 113 Å². The van der Waals surface area contributed by atoms with Crippen molar-refractivity contribution < 1.29 is 31.4 Å². The molecule has 2 heterocycles. The molecule has 8 nitrogen and oxygen atoms in total. The monoisotopic (exact) mass is 598 g/mol. The summed E-state index contributed by atoms with van der Waals surface area (Å²) >= 11 is 0.903. The molecule has 2 aromatic heterocycles. The van der Waals surface area contributed by atoms with Crippen LogP contribution in [-0.4, -0.2) is 30.6 Å². The zero-order chi connectivity index (χ0) is 29.1. The van der Waals surface area contributed by atoms with Gasteiger partial charge in [-0.15, -0.1) is 0 Å². The smallest absolute Gasteiger partial charge is 0.281 e. The summed E-state index contributed by atoms with van der Waals surface area (Å²) in [5.41, 5.74) is 1.76. The average molecular weight is 599 g/mol. The number of ether oxygens (including phenoxy) is 1. The minimum Gasteiger partial charge on any atom is -0.504 e. The predicted octanol–water partition coefficient (Wildman–Crippen LogP) is 6.42. The molecule has 5 aromatic rings. The summed E-state index contributed by atoms with van der Waals surface area (Å²) in [5, 5.41) is 12.9. The highest BCUT2D eigenvalue weighted by atomic mass is 32.2. The van der Waals surface area contributed by atoms with Gasteiger partial charge in [-0.2, -0.15) is 8.42 Å². The Morgan fingerprint density at radius 2 is 1.76 bits per heavy atom. The van der Waals surface area contributed by atoms with Gasteiger partial charge in [0.15, 0.2) is 33.3 Å². The van der Waals surface area contributed by atoms with Crippen LogP contribution in [-0.2, 0) is 16.6 Å². The molecule has 0 spiro atoms. The maximum atomic E-state index is 14.0. The lowest BCUT2D eigenvalue weighted by molar-refractivity contribution is 0.371. The van der Waals surface area contributed by atoms with Gasteiger partial charge < -0.3 is 15.2 Å². The van der Waals surface area contributed by atoms with Crippen LogP contribution in [0.3, 0.4) is 0 Å². The first-order valence-electron chi connectivity index (χ1n) is 11.9. The summed E-state index contributed by atoms with van der Waals surface area (Å²) in [6.45, 7) is 0.226. The summed E-state index contributed by atoms with van der Waals surface area (Å²) in [5.74, 6) is -2.38. The van der Waals surface area contributed by atoms with E-state index in [1.165, 1.54) is 49.7 Å². The Kier molecular flexibility index (Phi) is 7.81. The first-order chi connectivity index (χ1) is 19.6. The van der Waals surface area contributed by atoms with Crippen LogP contribution in [0.15, 0.2) is 84.0 Å². The SMILES string of the molecule is COc1cccc(CNc2ccc(S(=O)(=O)Nc3nc(-c4ccc(F)c(F)c4)c(-c4cccc(F)c4)s3)nc2)c1O. The Hall–Kier alpha value is -4.62. The van der Waals surface area contributed by atoms with E-state index in [-0.39, 0.29) is 33.7 Å². The minimum absolute atomic E-state index is 0.0114. The van der Waals surface area contributed by atoms with Gasteiger partial charge in [0.2, 0.25) is 0 Å². The number of hydrogen-bond donors (Lipinski definition) is 3. The van der Waals surface area contributed by atoms with E-state index < -0.39 is 27.5 Å². The number of para-hydroxylation sites is 1. The molecule has 0 bridgehead atoms. The molecule has 0 radical (unpaired) electrons. The highest BCUT2D eigenvalue weighted by Gasteiger charge is 2.22. The van der Waals surface area contributed by atoms with Gasteiger partial charge in [-0.05, 0) is 54.1 Å². The molecule has 0 aliphatic heterocycles. The molecule has 0 aliphatic rings. The molecular weight excluding hydrogens is 577 g/mol. The quantitative estimate of drug-likeness (QED) is 0.180. The maximum Gasteiger partial charge on any atom is 0.281 e. The van der Waals surface area contributed by atoms with Crippen molar-refractivity contribution in [1.82, 2.24) is 9.97 Å². The summed E-state index contributed by atoms with van der Waals surface area (Å²) in [4.78, 5) is 8.69. The number of nitrogens with one attached hydrogen (secondary N) is 2. The van der Waals surface area contributed by atoms with Crippen molar-refractivity contribution in [3.63, 3.8) is 0 Å². The van der Waals surface area contributed by atoms with Crippen LogP contribution in [0.4, 0.5) is 24.0 Å². The first-order valence-corrected chi connectivity index (χ1v) is 14.2. The molecule has 210 valence electrons. The van der Waals surface area contributed by atoms with Gasteiger partial charge in [0.05, 0.1) is 29.6 Å². The Balaban J connectivity index is 1.39. The predicted molar refractivity (Wildman–Crippen MR) is 150 cm³/mol. The fourth-order valence-electron chi connectivity index (χ4n) is 3.91. The van der Waals surface area contributed by atoms with Gasteiger partial charge in [0.25, 0.3) is 10.0 Å². The van der Waals surface area contributed by atoms with Crippen LogP contribution < -0.4 is 14.8 Å². The van der Waals surface area contributed by atoms with Crippen molar-refractivity contribution >= 4 is 32.2 Å². The molecule has 3 aromatic carbocycles. The second kappa shape index (κ2) is 11.5. The molecule has 0 aliphatic carbocycles. The number of nitrogens with zero attached hydrogens (tertiary/aromatic N) is 2. The molecule has 5 rings (SSSR count). The van der Waals surface area contributed by atoms with Crippen molar-refractivity contribution in [2.45, 2.75) is 11.6 Å². The Morgan fingerprint density at radius 3 is 2.46 bits per heavy atom. The molecule has 41 heavy (non-hydrogen) atoms. The number of anilines is 2. The third-order valence-corrected chi connectivity index (χ3v) is 8.33. The zero-order valence-corrected chi connectivity index (χ0v) is 22.9. The molecule has 0 unspecified atom stereocenters. The number of sulfonamides is 1. The zero-order valence-electron chi connectivity index (χ0n) is 21.2. The van der Waals surface area contributed by atoms with Crippen LogP contribution in [0.1, 0.15) is 5.56 Å². The second-order valence-electron chi connectivity index (χ2n) is 8.65. The van der Waals surface area contributed by atoms with E-state index in [0.717, 1.165) is 23.5 Å². The normalized spacial score (nSPS) is 11.3. The number of methoxy groups -OCH3 is 1. The summed E-state index contributed by atoms with van der Waals surface area (Å²) < 4.78 is 75.2. The average Bonchev–Trinajstić information content (AvgIpc) is 3.37. The Labute approximate surface area is 237 Å². The van der Waals surface area contributed by atoms with Crippen LogP contribution in [0.2, 0.25) is 0 Å². The lowest BCUT2D eigenvalue weighted by Gasteiger charge is -2.11. The number of rotatable bonds is 9. The third kappa shape index (κ3) is 6.10. The summed E-state index contributed by atoms with van der Waals surface area (Å²) in [6.07, 6.45) is 1.32. The Morgan fingerprint density at radius 1 is 0.951 bits per heavy atom. The molecule has 0 atom stereocenters. The molecule has 3 N–H and O–H groups in total. The van der Waals surface area contributed by atoms with E-state index in [1.54, 1.807) is 24.3 Å². The number of halogens is 3. The van der Waals surface area contributed by atoms with Gasteiger partial charge >= 0.3 is 0 Å². The van der Waals surface area contributed by atoms with Crippen molar-refractivity contribution in [2.24, 2.45) is 0 Å². The van der Waals surface area contributed by atoms with E-state index in [0.29, 0.717) is 27.4 Å². The van der Waals surface area contributed by atoms with E-state index in [4.69, 9.17) is 4.74 Å². The van der Waals surface area contributed by atoms with Crippen molar-refractivity contribution in [2.75, 3.05) is 17.1 Å². The lowest BCUT2D eigenvalue weighted by Crippen LogP contribution is -2.14. The maximum absolute atomic E-state index is 14.0. The van der Waals surface area contributed by atoms with Crippen molar-refractivity contribution in [1.29, 1.82) is 0 Å². The number of phenolic OH excluding ortho intramolecular Hbond substituents is 1. The number of thiazole rings is 1. The van der Waals surface area contributed by atoms with Crippen LogP contribution in [0.5, 0.6) is 11.5 Å². The molecular formula is C28H21F3N4O4S2. The highest BCUT2D eigenvalue weighted by molar-refractivity contribution is 7.92. The number of phenols is 1. The van der Waals surface area contributed by atoms with Crippen molar-refractivity contribution in [3.05, 3.63) is 102 Å². The second-order valence-corrected chi connectivity index (χ2v) is 11.3. The van der Waals surface area contributed by atoms with E-state index in [1.807, 2.05) is 0 Å². The standard InChI is InChI=1S/C28H21F3N4O4S2/c1-39-23-7-3-5-18(26(23)36)14-32-20-9-11-24(33-15-20)41(37,38)35-28-34-25(16-8-10-21(30)22(31)13-16)27(40-28)17-4-2-6-19(29)12-17/h2-13,15,32,36H,14H2,1H3,(H,34,35). The number of benzene rings is 3. The largest absolute Gasteiger partial charge is 0.504 e. The third-order valence-electron chi connectivity index (χ3n) is 5.93. The number of aromatic nitrogens is 2. The summed E-state index contributed by atoms with van der Waals surface area (Å²) in [7, 11) is -2.76. The van der Waals surface area contributed by atoms with Gasteiger partial charge in [0, 0.05) is 17.7 Å². The minimum atomic E-state index is -4.21. The van der Waals surface area contributed by atoms with Gasteiger partial charge in [-0.1, -0.05) is 35.6 Å².